The van der Waals surface area contributed by atoms with Gasteiger partial charge in [-0.3, -0.25) is 4.79 Å². The van der Waals surface area contributed by atoms with Crippen LogP contribution in [0.1, 0.15) is 20.3 Å². The molecule has 0 aliphatic heterocycles. The van der Waals surface area contributed by atoms with E-state index in [2.05, 4.69) is 21.2 Å². The molecule has 0 heterocycles. The van der Waals surface area contributed by atoms with Crippen molar-refractivity contribution in [3.8, 4) is 5.75 Å². The van der Waals surface area contributed by atoms with Crippen molar-refractivity contribution >= 4 is 21.8 Å². The van der Waals surface area contributed by atoms with Gasteiger partial charge >= 0.3 is 0 Å². The molecule has 0 aliphatic rings. The fourth-order valence-electron chi connectivity index (χ4n) is 1.29. The van der Waals surface area contributed by atoms with E-state index in [1.165, 1.54) is 0 Å². The first-order chi connectivity index (χ1) is 8.49. The van der Waals surface area contributed by atoms with Crippen molar-refractivity contribution in [3.05, 3.63) is 28.7 Å². The highest BCUT2D eigenvalue weighted by atomic mass is 79.9. The summed E-state index contributed by atoms with van der Waals surface area (Å²) in [6.45, 7) is 3.56. The Labute approximate surface area is 115 Å². The van der Waals surface area contributed by atoms with Crippen LogP contribution in [-0.2, 0) is 4.79 Å². The third-order valence-corrected chi connectivity index (χ3v) is 3.28. The van der Waals surface area contributed by atoms with Crippen LogP contribution in [0.15, 0.2) is 28.7 Å². The molecule has 1 unspecified atom stereocenters. The summed E-state index contributed by atoms with van der Waals surface area (Å²) in [5.41, 5.74) is -0.583. The van der Waals surface area contributed by atoms with Crippen LogP contribution in [0.2, 0.25) is 0 Å². The zero-order valence-corrected chi connectivity index (χ0v) is 12.2. The van der Waals surface area contributed by atoms with Gasteiger partial charge in [-0.25, -0.2) is 0 Å². The number of hydrogen-bond acceptors (Lipinski definition) is 3. The second kappa shape index (κ2) is 6.75. The van der Waals surface area contributed by atoms with Crippen molar-refractivity contribution in [2.24, 2.45) is 0 Å². The van der Waals surface area contributed by atoms with E-state index < -0.39 is 5.54 Å². The first-order valence-electron chi connectivity index (χ1n) is 5.79. The van der Waals surface area contributed by atoms with Crippen molar-refractivity contribution < 1.29 is 14.6 Å². The van der Waals surface area contributed by atoms with Crippen LogP contribution >= 0.6 is 15.9 Å². The maximum atomic E-state index is 11.7. The zero-order valence-electron chi connectivity index (χ0n) is 10.6. The molecule has 1 rings (SSSR count). The predicted octanol–water partition coefficient (Wildman–Crippen LogP) is 2.11. The van der Waals surface area contributed by atoms with Gasteiger partial charge in [-0.15, -0.1) is 0 Å². The molecule has 0 aliphatic carbocycles. The molecule has 0 radical (unpaired) electrons. The Bertz CT molecular complexity index is 388. The van der Waals surface area contributed by atoms with Gasteiger partial charge in [0.2, 0.25) is 0 Å². The molecule has 0 aromatic heterocycles. The largest absolute Gasteiger partial charge is 0.484 e. The van der Waals surface area contributed by atoms with Crippen LogP contribution in [0, 0.1) is 0 Å². The minimum atomic E-state index is -0.583. The minimum absolute atomic E-state index is 0.0583. The molecule has 0 saturated heterocycles. The molecule has 0 bridgehead atoms. The van der Waals surface area contributed by atoms with Crippen molar-refractivity contribution in [1.82, 2.24) is 5.32 Å². The van der Waals surface area contributed by atoms with Crippen molar-refractivity contribution in [3.63, 3.8) is 0 Å². The summed E-state index contributed by atoms with van der Waals surface area (Å²) in [5, 5.41) is 11.9. The fourth-order valence-corrected chi connectivity index (χ4v) is 1.56. The monoisotopic (exact) mass is 315 g/mol. The number of amides is 1. The lowest BCUT2D eigenvalue weighted by Gasteiger charge is -2.27. The van der Waals surface area contributed by atoms with E-state index in [9.17, 15) is 9.90 Å². The van der Waals surface area contributed by atoms with Crippen LogP contribution in [-0.4, -0.2) is 29.8 Å². The smallest absolute Gasteiger partial charge is 0.258 e. The van der Waals surface area contributed by atoms with E-state index in [1.54, 1.807) is 19.1 Å². The average molecular weight is 316 g/mol. The Morgan fingerprint density at radius 3 is 2.56 bits per heavy atom. The number of hydrogen-bond donors (Lipinski definition) is 2. The lowest BCUT2D eigenvalue weighted by Crippen LogP contribution is -2.49. The summed E-state index contributed by atoms with van der Waals surface area (Å²) >= 11 is 3.32. The van der Waals surface area contributed by atoms with Gasteiger partial charge in [-0.05, 0) is 37.6 Å². The molecule has 4 nitrogen and oxygen atoms in total. The number of halogens is 1. The summed E-state index contributed by atoms with van der Waals surface area (Å²) in [7, 11) is 0. The van der Waals surface area contributed by atoms with Gasteiger partial charge < -0.3 is 15.2 Å². The summed E-state index contributed by atoms with van der Waals surface area (Å²) in [6.07, 6.45) is 0.660. The molecule has 1 aromatic rings. The van der Waals surface area contributed by atoms with Gasteiger partial charge in [-0.1, -0.05) is 22.9 Å². The normalized spacial score (nSPS) is 13.8. The Morgan fingerprint density at radius 1 is 1.44 bits per heavy atom. The molecule has 100 valence electrons. The first-order valence-corrected chi connectivity index (χ1v) is 6.58. The molecular weight excluding hydrogens is 298 g/mol. The summed E-state index contributed by atoms with van der Waals surface area (Å²) in [4.78, 5) is 11.7. The van der Waals surface area contributed by atoms with Crippen LogP contribution in [0.5, 0.6) is 5.75 Å². The third-order valence-electron chi connectivity index (χ3n) is 2.75. The summed E-state index contributed by atoms with van der Waals surface area (Å²) in [5.74, 6) is 0.395. The van der Waals surface area contributed by atoms with Gasteiger partial charge in [0.1, 0.15) is 5.75 Å². The molecule has 5 heteroatoms. The Morgan fingerprint density at radius 2 is 2.06 bits per heavy atom. The highest BCUT2D eigenvalue weighted by molar-refractivity contribution is 9.10. The summed E-state index contributed by atoms with van der Waals surface area (Å²) < 4.78 is 6.30. The first kappa shape index (κ1) is 15.0. The fraction of sp³-hybridized carbons (Fsp3) is 0.462. The molecule has 1 amide bonds. The maximum Gasteiger partial charge on any atom is 0.258 e. The standard InChI is InChI=1S/C13H18BrNO3/c1-3-13(2,9-16)15-12(17)8-18-11-6-4-10(14)5-7-11/h4-7,16H,3,8-9H2,1-2H3,(H,15,17). The predicted molar refractivity (Wildman–Crippen MR) is 73.6 cm³/mol. The van der Waals surface area contributed by atoms with E-state index in [0.717, 1.165) is 4.47 Å². The molecule has 2 N–H and O–H groups in total. The summed E-state index contributed by atoms with van der Waals surface area (Å²) in [6, 6.07) is 7.25. The number of aliphatic hydroxyl groups is 1. The number of ether oxygens (including phenoxy) is 1. The van der Waals surface area contributed by atoms with Crippen LogP contribution in [0.25, 0.3) is 0 Å². The van der Waals surface area contributed by atoms with Gasteiger partial charge in [0.15, 0.2) is 6.61 Å². The van der Waals surface area contributed by atoms with Gasteiger partial charge in [0, 0.05) is 4.47 Å². The molecule has 18 heavy (non-hydrogen) atoms. The van der Waals surface area contributed by atoms with Crippen molar-refractivity contribution in [2.45, 2.75) is 25.8 Å². The molecule has 1 aromatic carbocycles. The van der Waals surface area contributed by atoms with Crippen LogP contribution < -0.4 is 10.1 Å². The lowest BCUT2D eigenvalue weighted by molar-refractivity contribution is -0.125. The number of rotatable bonds is 6. The molecule has 1 atom stereocenters. The van der Waals surface area contributed by atoms with E-state index in [4.69, 9.17) is 4.74 Å². The number of aliphatic hydroxyl groups excluding tert-OH is 1. The van der Waals surface area contributed by atoms with Crippen molar-refractivity contribution in [1.29, 1.82) is 0 Å². The average Bonchev–Trinajstić information content (AvgIpc) is 2.38. The maximum absolute atomic E-state index is 11.7. The van der Waals surface area contributed by atoms with E-state index in [-0.39, 0.29) is 19.1 Å². The van der Waals surface area contributed by atoms with E-state index in [0.29, 0.717) is 12.2 Å². The number of benzene rings is 1. The Kier molecular flexibility index (Phi) is 5.62. The number of carbonyl (C=O) groups excluding carboxylic acids is 1. The number of nitrogens with one attached hydrogen (secondary N) is 1. The highest BCUT2D eigenvalue weighted by Gasteiger charge is 2.23. The van der Waals surface area contributed by atoms with Crippen LogP contribution in [0.4, 0.5) is 0 Å². The third kappa shape index (κ3) is 4.66. The Balaban J connectivity index is 2.44. The molecule has 0 fully saturated rings. The second-order valence-corrected chi connectivity index (χ2v) is 5.28. The molecule has 0 spiro atoms. The quantitative estimate of drug-likeness (QED) is 0.845. The van der Waals surface area contributed by atoms with Crippen molar-refractivity contribution in [2.75, 3.05) is 13.2 Å². The SMILES string of the molecule is CCC(C)(CO)NC(=O)COc1ccc(Br)cc1. The number of carbonyl (C=O) groups is 1. The van der Waals surface area contributed by atoms with Gasteiger partial charge in [0.05, 0.1) is 12.1 Å². The molecular formula is C13H18BrNO3. The second-order valence-electron chi connectivity index (χ2n) is 4.36. The van der Waals surface area contributed by atoms with Crippen LogP contribution in [0.3, 0.4) is 0 Å². The van der Waals surface area contributed by atoms with Gasteiger partial charge in [0.25, 0.3) is 5.91 Å². The highest BCUT2D eigenvalue weighted by Crippen LogP contribution is 2.16. The lowest BCUT2D eigenvalue weighted by atomic mass is 10.0. The Hall–Kier alpha value is -1.07. The van der Waals surface area contributed by atoms with E-state index in [1.807, 2.05) is 19.1 Å². The topological polar surface area (TPSA) is 58.6 Å². The van der Waals surface area contributed by atoms with Gasteiger partial charge in [-0.2, -0.15) is 0 Å². The van der Waals surface area contributed by atoms with E-state index >= 15 is 0 Å². The molecule has 0 saturated carbocycles. The minimum Gasteiger partial charge on any atom is -0.484 e. The zero-order chi connectivity index (χ0) is 13.6.